The molecule has 5 heteroatoms. The van der Waals surface area contributed by atoms with Gasteiger partial charge in [-0.1, -0.05) is 13.8 Å². The number of guanidine groups is 1. The fraction of sp³-hybridized carbons (Fsp3) is 0.929. The number of likely N-dealkylation sites (N-methyl/N-ethyl adjacent to an activating group) is 1. The molecule has 2 fully saturated rings. The van der Waals surface area contributed by atoms with E-state index in [0.29, 0.717) is 17.9 Å². The van der Waals surface area contributed by atoms with Crippen molar-refractivity contribution in [3.05, 3.63) is 0 Å². The third-order valence-electron chi connectivity index (χ3n) is 3.98. The molecule has 1 aliphatic heterocycles. The summed E-state index contributed by atoms with van der Waals surface area (Å²) in [4.78, 5) is 9.51. The molecule has 0 spiro atoms. The lowest BCUT2D eigenvalue weighted by Gasteiger charge is -2.35. The van der Waals surface area contributed by atoms with Crippen molar-refractivity contribution < 1.29 is 0 Å². The van der Waals surface area contributed by atoms with E-state index in [4.69, 9.17) is 5.73 Å². The van der Waals surface area contributed by atoms with Crippen molar-refractivity contribution in [3.63, 3.8) is 0 Å². The molecule has 0 amide bonds. The van der Waals surface area contributed by atoms with Crippen LogP contribution in [0.3, 0.4) is 0 Å². The summed E-state index contributed by atoms with van der Waals surface area (Å²) in [6, 6.07) is 0.598. The normalized spacial score (nSPS) is 24.4. The second-order valence-corrected chi connectivity index (χ2v) is 5.98. The van der Waals surface area contributed by atoms with Gasteiger partial charge in [-0.15, -0.1) is 0 Å². The molecule has 1 saturated carbocycles. The van der Waals surface area contributed by atoms with Gasteiger partial charge < -0.3 is 20.9 Å². The lowest BCUT2D eigenvalue weighted by molar-refractivity contribution is 0.125. The molecule has 0 aromatic rings. The van der Waals surface area contributed by atoms with Crippen LogP contribution in [0, 0.1) is 5.92 Å². The van der Waals surface area contributed by atoms with E-state index < -0.39 is 0 Å². The van der Waals surface area contributed by atoms with Crippen molar-refractivity contribution in [1.82, 2.24) is 15.1 Å². The molecule has 0 aromatic heterocycles. The first-order chi connectivity index (χ1) is 9.17. The molecule has 0 aromatic carbocycles. The van der Waals surface area contributed by atoms with Crippen molar-refractivity contribution in [3.8, 4) is 0 Å². The molecule has 1 saturated heterocycles. The summed E-state index contributed by atoms with van der Waals surface area (Å²) < 4.78 is 0. The van der Waals surface area contributed by atoms with E-state index in [2.05, 4.69) is 34.0 Å². The topological polar surface area (TPSA) is 56.9 Å². The summed E-state index contributed by atoms with van der Waals surface area (Å²) in [6.45, 7) is 12.4. The molecule has 1 aliphatic carbocycles. The van der Waals surface area contributed by atoms with E-state index in [1.807, 2.05) is 0 Å². The van der Waals surface area contributed by atoms with Gasteiger partial charge in [0.25, 0.3) is 0 Å². The van der Waals surface area contributed by atoms with Crippen LogP contribution in [0.2, 0.25) is 0 Å². The number of rotatable bonds is 6. The fourth-order valence-electron chi connectivity index (χ4n) is 2.52. The van der Waals surface area contributed by atoms with Gasteiger partial charge in [0, 0.05) is 45.3 Å². The highest BCUT2D eigenvalue weighted by atomic mass is 15.3. The Labute approximate surface area is 117 Å². The molecule has 2 rings (SSSR count). The van der Waals surface area contributed by atoms with Gasteiger partial charge in [-0.05, 0) is 25.3 Å². The van der Waals surface area contributed by atoms with Gasteiger partial charge in [0.05, 0.1) is 0 Å². The fourth-order valence-corrected chi connectivity index (χ4v) is 2.52. The number of aliphatic imine (C=N–C) groups is 1. The van der Waals surface area contributed by atoms with Gasteiger partial charge in [-0.3, -0.25) is 4.99 Å². The predicted octanol–water partition coefficient (Wildman–Crippen LogP) is 0.327. The second-order valence-electron chi connectivity index (χ2n) is 5.98. The summed E-state index contributed by atoms with van der Waals surface area (Å²) >= 11 is 0. The van der Waals surface area contributed by atoms with Gasteiger partial charge in [0.15, 0.2) is 5.96 Å². The average molecular weight is 267 g/mol. The Hall–Kier alpha value is -0.810. The Morgan fingerprint density at radius 2 is 1.89 bits per heavy atom. The number of nitrogens with two attached hydrogens (primary N) is 1. The van der Waals surface area contributed by atoms with Crippen molar-refractivity contribution >= 4 is 5.96 Å². The van der Waals surface area contributed by atoms with E-state index in [0.717, 1.165) is 13.1 Å². The molecule has 0 unspecified atom stereocenters. The Balaban J connectivity index is 1.62. The smallest absolute Gasteiger partial charge is 0.188 e. The van der Waals surface area contributed by atoms with Crippen molar-refractivity contribution in [1.29, 1.82) is 0 Å². The molecule has 0 bridgehead atoms. The molecule has 2 aliphatic rings. The number of hydrogen-bond donors (Lipinski definition) is 2. The first-order valence-electron chi connectivity index (χ1n) is 7.68. The first kappa shape index (κ1) is 14.6. The third kappa shape index (κ3) is 5.37. The van der Waals surface area contributed by atoms with Crippen LogP contribution in [0.25, 0.3) is 0 Å². The Morgan fingerprint density at radius 3 is 2.47 bits per heavy atom. The predicted molar refractivity (Wildman–Crippen MR) is 80.4 cm³/mol. The zero-order chi connectivity index (χ0) is 13.7. The molecule has 0 radical (unpaired) electrons. The van der Waals surface area contributed by atoms with E-state index in [9.17, 15) is 0 Å². The van der Waals surface area contributed by atoms with Crippen LogP contribution in [0.4, 0.5) is 0 Å². The minimum atomic E-state index is 0.577. The van der Waals surface area contributed by atoms with Crippen LogP contribution in [0.15, 0.2) is 4.99 Å². The Kier molecular flexibility index (Phi) is 5.45. The quantitative estimate of drug-likeness (QED) is 0.538. The zero-order valence-corrected chi connectivity index (χ0v) is 12.4. The number of piperazine rings is 1. The third-order valence-corrected chi connectivity index (χ3v) is 3.98. The summed E-state index contributed by atoms with van der Waals surface area (Å²) in [5.74, 6) is 1.21. The van der Waals surface area contributed by atoms with Crippen LogP contribution in [-0.2, 0) is 0 Å². The summed E-state index contributed by atoms with van der Waals surface area (Å²) in [7, 11) is 0. The van der Waals surface area contributed by atoms with E-state index in [1.165, 1.54) is 45.6 Å². The van der Waals surface area contributed by atoms with Crippen molar-refractivity contribution in [2.45, 2.75) is 32.7 Å². The summed E-state index contributed by atoms with van der Waals surface area (Å²) in [5.41, 5.74) is 5.85. The average Bonchev–Trinajstić information content (AvgIpc) is 3.21. The van der Waals surface area contributed by atoms with E-state index in [1.54, 1.807) is 0 Å². The molecular weight excluding hydrogens is 238 g/mol. The first-order valence-corrected chi connectivity index (χ1v) is 7.68. The van der Waals surface area contributed by atoms with Crippen LogP contribution in [-0.4, -0.2) is 67.6 Å². The maximum absolute atomic E-state index is 5.85. The van der Waals surface area contributed by atoms with Crippen LogP contribution >= 0.6 is 0 Å². The lowest BCUT2D eigenvalue weighted by atomic mass is 10.1. The highest BCUT2D eigenvalue weighted by Crippen LogP contribution is 2.18. The molecule has 19 heavy (non-hydrogen) atoms. The maximum atomic E-state index is 5.85. The van der Waals surface area contributed by atoms with Crippen LogP contribution < -0.4 is 11.1 Å². The highest BCUT2D eigenvalue weighted by molar-refractivity contribution is 5.78. The van der Waals surface area contributed by atoms with Gasteiger partial charge >= 0.3 is 0 Å². The SMILES string of the molecule is CCN1CCN(C[C@H](C)CN=C(N)NC2CC2)CC1. The van der Waals surface area contributed by atoms with Crippen LogP contribution in [0.5, 0.6) is 0 Å². The van der Waals surface area contributed by atoms with Gasteiger partial charge in [-0.2, -0.15) is 0 Å². The summed E-state index contributed by atoms with van der Waals surface area (Å²) in [5, 5.41) is 3.23. The molecular formula is C14H29N5. The number of nitrogens with zero attached hydrogens (tertiary/aromatic N) is 3. The second kappa shape index (κ2) is 7.10. The van der Waals surface area contributed by atoms with Gasteiger partial charge in [0.1, 0.15) is 0 Å². The molecule has 110 valence electrons. The number of hydrogen-bond acceptors (Lipinski definition) is 3. The van der Waals surface area contributed by atoms with Crippen molar-refractivity contribution in [2.75, 3.05) is 45.8 Å². The zero-order valence-electron chi connectivity index (χ0n) is 12.4. The molecule has 1 heterocycles. The van der Waals surface area contributed by atoms with Gasteiger partial charge in [-0.25, -0.2) is 0 Å². The van der Waals surface area contributed by atoms with E-state index in [-0.39, 0.29) is 0 Å². The Bertz CT molecular complexity index is 292. The minimum Gasteiger partial charge on any atom is -0.370 e. The largest absolute Gasteiger partial charge is 0.370 e. The molecule has 1 atom stereocenters. The van der Waals surface area contributed by atoms with Gasteiger partial charge in [0.2, 0.25) is 0 Å². The van der Waals surface area contributed by atoms with E-state index >= 15 is 0 Å². The molecule has 5 nitrogen and oxygen atoms in total. The van der Waals surface area contributed by atoms with Crippen LogP contribution in [0.1, 0.15) is 26.7 Å². The summed E-state index contributed by atoms with van der Waals surface area (Å²) in [6.07, 6.45) is 2.49. The monoisotopic (exact) mass is 267 g/mol. The highest BCUT2D eigenvalue weighted by Gasteiger charge is 2.21. The number of nitrogens with one attached hydrogen (secondary N) is 1. The maximum Gasteiger partial charge on any atom is 0.188 e. The lowest BCUT2D eigenvalue weighted by Crippen LogP contribution is -2.47. The molecule has 3 N–H and O–H groups in total. The standard InChI is InChI=1S/C14H29N5/c1-3-18-6-8-19(9-7-18)11-12(2)10-16-14(15)17-13-4-5-13/h12-13H,3-11H2,1-2H3,(H3,15,16,17)/t12-/m1/s1. The minimum absolute atomic E-state index is 0.577. The van der Waals surface area contributed by atoms with Crippen molar-refractivity contribution in [2.24, 2.45) is 16.6 Å². The Morgan fingerprint density at radius 1 is 1.26 bits per heavy atom.